The van der Waals surface area contributed by atoms with Crippen LogP contribution in [0.5, 0.6) is 5.75 Å². The van der Waals surface area contributed by atoms with Crippen LogP contribution in [0.1, 0.15) is 32.6 Å². The number of carbonyl (C=O) groups is 1. The van der Waals surface area contributed by atoms with Crippen LogP contribution in [-0.4, -0.2) is 56.6 Å². The molecular weight excluding hydrogens is 347 g/mol. The zero-order valence-corrected chi connectivity index (χ0v) is 16.3. The molecule has 1 aliphatic heterocycles. The van der Waals surface area contributed by atoms with E-state index in [0.717, 1.165) is 44.9 Å². The lowest BCUT2D eigenvalue weighted by Gasteiger charge is -2.34. The standard InChI is InChI=1S/C20H31FN4O2/c1-3-23-20(25-12-9-16(10-13-25)15-19(26)22-2)24-11-4-14-27-18-7-5-17(21)6-8-18/h5-8,16H,3-4,9-15H2,1-2H3,(H,22,26)(H,23,24). The maximum absolute atomic E-state index is 12.9. The van der Waals surface area contributed by atoms with Crippen LogP contribution in [0.4, 0.5) is 4.39 Å². The van der Waals surface area contributed by atoms with Crippen LogP contribution in [0, 0.1) is 11.7 Å². The Kier molecular flexibility index (Phi) is 8.87. The van der Waals surface area contributed by atoms with Crippen molar-refractivity contribution in [3.63, 3.8) is 0 Å². The van der Waals surface area contributed by atoms with Crippen LogP contribution < -0.4 is 15.4 Å². The van der Waals surface area contributed by atoms with Gasteiger partial charge in [-0.3, -0.25) is 9.79 Å². The van der Waals surface area contributed by atoms with E-state index in [0.29, 0.717) is 31.2 Å². The molecule has 0 spiro atoms. The highest BCUT2D eigenvalue weighted by Gasteiger charge is 2.22. The molecule has 1 fully saturated rings. The predicted octanol–water partition coefficient (Wildman–Crippen LogP) is 2.41. The first-order valence-electron chi connectivity index (χ1n) is 9.74. The minimum atomic E-state index is -0.263. The van der Waals surface area contributed by atoms with E-state index >= 15 is 0 Å². The summed E-state index contributed by atoms with van der Waals surface area (Å²) in [6, 6.07) is 6.05. The van der Waals surface area contributed by atoms with Gasteiger partial charge in [0.1, 0.15) is 11.6 Å². The first-order chi connectivity index (χ1) is 13.1. The van der Waals surface area contributed by atoms with Gasteiger partial charge in [-0.05, 0) is 49.9 Å². The molecule has 1 aliphatic rings. The fourth-order valence-electron chi connectivity index (χ4n) is 3.11. The van der Waals surface area contributed by atoms with Gasteiger partial charge in [0.25, 0.3) is 0 Å². The van der Waals surface area contributed by atoms with Gasteiger partial charge in [0.15, 0.2) is 5.96 Å². The van der Waals surface area contributed by atoms with Crippen LogP contribution in [0.25, 0.3) is 0 Å². The van der Waals surface area contributed by atoms with E-state index in [4.69, 9.17) is 9.73 Å². The third kappa shape index (κ3) is 7.45. The molecule has 0 aliphatic carbocycles. The molecule has 27 heavy (non-hydrogen) atoms. The van der Waals surface area contributed by atoms with Crippen LogP contribution in [0.15, 0.2) is 29.3 Å². The van der Waals surface area contributed by atoms with Gasteiger partial charge in [-0.1, -0.05) is 0 Å². The molecule has 0 aromatic heterocycles. The van der Waals surface area contributed by atoms with Crippen LogP contribution in [0.2, 0.25) is 0 Å². The van der Waals surface area contributed by atoms with Crippen molar-refractivity contribution in [3.8, 4) is 5.75 Å². The zero-order chi connectivity index (χ0) is 19.5. The smallest absolute Gasteiger partial charge is 0.220 e. The minimum absolute atomic E-state index is 0.121. The number of likely N-dealkylation sites (tertiary alicyclic amines) is 1. The molecule has 150 valence electrons. The van der Waals surface area contributed by atoms with E-state index in [1.54, 1.807) is 19.2 Å². The molecule has 1 heterocycles. The second kappa shape index (κ2) is 11.4. The molecule has 6 nitrogen and oxygen atoms in total. The second-order valence-corrected chi connectivity index (χ2v) is 6.70. The van der Waals surface area contributed by atoms with Gasteiger partial charge in [0.2, 0.25) is 5.91 Å². The number of hydrogen-bond acceptors (Lipinski definition) is 3. The van der Waals surface area contributed by atoms with E-state index in [-0.39, 0.29) is 11.7 Å². The Hall–Kier alpha value is -2.31. The van der Waals surface area contributed by atoms with Crippen molar-refractivity contribution in [2.24, 2.45) is 10.9 Å². The number of hydrogen-bond donors (Lipinski definition) is 2. The van der Waals surface area contributed by atoms with Crippen molar-refractivity contribution < 1.29 is 13.9 Å². The van der Waals surface area contributed by atoms with E-state index in [1.165, 1.54) is 12.1 Å². The molecule has 0 saturated carbocycles. The van der Waals surface area contributed by atoms with E-state index in [2.05, 4.69) is 22.5 Å². The molecule has 1 aromatic rings. The van der Waals surface area contributed by atoms with Crippen molar-refractivity contribution in [1.29, 1.82) is 0 Å². The summed E-state index contributed by atoms with van der Waals surface area (Å²) in [5.74, 6) is 1.91. The fourth-order valence-corrected chi connectivity index (χ4v) is 3.11. The number of guanidine groups is 1. The topological polar surface area (TPSA) is 66.0 Å². The van der Waals surface area contributed by atoms with Crippen molar-refractivity contribution in [2.75, 3.05) is 39.8 Å². The summed E-state index contributed by atoms with van der Waals surface area (Å²) in [6.45, 7) is 5.93. The molecule has 7 heteroatoms. The van der Waals surface area contributed by atoms with Crippen LogP contribution >= 0.6 is 0 Å². The number of carbonyl (C=O) groups excluding carboxylic acids is 1. The first-order valence-corrected chi connectivity index (χ1v) is 9.74. The number of ether oxygens (including phenoxy) is 1. The minimum Gasteiger partial charge on any atom is -0.494 e. The SMILES string of the molecule is CCNC(=NCCCOc1ccc(F)cc1)N1CCC(CC(=O)NC)CC1. The fraction of sp³-hybridized carbons (Fsp3) is 0.600. The number of nitrogens with zero attached hydrogens (tertiary/aromatic N) is 2. The van der Waals surface area contributed by atoms with E-state index < -0.39 is 0 Å². The Bertz CT molecular complexity index is 599. The summed E-state index contributed by atoms with van der Waals surface area (Å²) >= 11 is 0. The Morgan fingerprint density at radius 3 is 2.63 bits per heavy atom. The number of aliphatic imine (C=N–C) groups is 1. The van der Waals surface area contributed by atoms with Crippen molar-refractivity contribution in [2.45, 2.75) is 32.6 Å². The molecule has 0 radical (unpaired) electrons. The Morgan fingerprint density at radius 1 is 1.30 bits per heavy atom. The maximum Gasteiger partial charge on any atom is 0.220 e. The van der Waals surface area contributed by atoms with Crippen LogP contribution in [-0.2, 0) is 4.79 Å². The molecule has 0 bridgehead atoms. The molecule has 0 atom stereocenters. The van der Waals surface area contributed by atoms with Crippen molar-refractivity contribution in [3.05, 3.63) is 30.1 Å². The lowest BCUT2D eigenvalue weighted by atomic mass is 9.93. The Balaban J connectivity index is 1.73. The monoisotopic (exact) mass is 378 g/mol. The molecule has 1 aromatic carbocycles. The van der Waals surface area contributed by atoms with Gasteiger partial charge < -0.3 is 20.3 Å². The highest BCUT2D eigenvalue weighted by molar-refractivity contribution is 5.80. The average molecular weight is 378 g/mol. The summed E-state index contributed by atoms with van der Waals surface area (Å²) < 4.78 is 18.5. The molecule has 2 N–H and O–H groups in total. The second-order valence-electron chi connectivity index (χ2n) is 6.70. The van der Waals surface area contributed by atoms with E-state index in [1.807, 2.05) is 0 Å². The Labute approximate surface area is 161 Å². The highest BCUT2D eigenvalue weighted by atomic mass is 19.1. The van der Waals surface area contributed by atoms with Gasteiger partial charge in [-0.2, -0.15) is 0 Å². The number of piperidine rings is 1. The summed E-state index contributed by atoms with van der Waals surface area (Å²) in [7, 11) is 1.69. The summed E-state index contributed by atoms with van der Waals surface area (Å²) in [5, 5.41) is 6.05. The quantitative estimate of drug-likeness (QED) is 0.414. The summed E-state index contributed by atoms with van der Waals surface area (Å²) in [6.07, 6.45) is 3.41. The lowest BCUT2D eigenvalue weighted by Crippen LogP contribution is -2.46. The van der Waals surface area contributed by atoms with Crippen LogP contribution in [0.3, 0.4) is 0 Å². The number of halogens is 1. The van der Waals surface area contributed by atoms with E-state index in [9.17, 15) is 9.18 Å². The molecule has 2 rings (SSSR count). The number of amides is 1. The normalized spacial score (nSPS) is 15.5. The van der Waals surface area contributed by atoms with Gasteiger partial charge in [-0.25, -0.2) is 4.39 Å². The number of rotatable bonds is 8. The van der Waals surface area contributed by atoms with Gasteiger partial charge >= 0.3 is 0 Å². The molecular formula is C20H31FN4O2. The zero-order valence-electron chi connectivity index (χ0n) is 16.3. The lowest BCUT2D eigenvalue weighted by molar-refractivity contribution is -0.121. The maximum atomic E-state index is 12.9. The largest absolute Gasteiger partial charge is 0.494 e. The average Bonchev–Trinajstić information content (AvgIpc) is 2.69. The number of benzene rings is 1. The van der Waals surface area contributed by atoms with Gasteiger partial charge in [-0.15, -0.1) is 0 Å². The third-order valence-electron chi connectivity index (χ3n) is 4.65. The summed E-state index contributed by atoms with van der Waals surface area (Å²) in [4.78, 5) is 18.5. The summed E-state index contributed by atoms with van der Waals surface area (Å²) in [5.41, 5.74) is 0. The molecule has 0 unspecified atom stereocenters. The van der Waals surface area contributed by atoms with Gasteiger partial charge in [0.05, 0.1) is 6.61 Å². The molecule has 1 saturated heterocycles. The highest BCUT2D eigenvalue weighted by Crippen LogP contribution is 2.20. The number of nitrogens with one attached hydrogen (secondary N) is 2. The van der Waals surface area contributed by atoms with Crippen molar-refractivity contribution in [1.82, 2.24) is 15.5 Å². The Morgan fingerprint density at radius 2 is 2.00 bits per heavy atom. The third-order valence-corrected chi connectivity index (χ3v) is 4.65. The first kappa shape index (κ1) is 21.0. The van der Waals surface area contributed by atoms with Crippen molar-refractivity contribution >= 4 is 11.9 Å². The molecule has 1 amide bonds. The van der Waals surface area contributed by atoms with Gasteiger partial charge in [0, 0.05) is 46.1 Å². The predicted molar refractivity (Wildman–Crippen MR) is 105 cm³/mol.